The molecule has 10 nitrogen and oxygen atoms in total. The van der Waals surface area contributed by atoms with Gasteiger partial charge < -0.3 is 19.6 Å². The van der Waals surface area contributed by atoms with Crippen molar-refractivity contribution in [3.8, 4) is 5.75 Å². The van der Waals surface area contributed by atoms with E-state index in [9.17, 15) is 9.90 Å². The van der Waals surface area contributed by atoms with Crippen LogP contribution in [0.5, 0.6) is 5.75 Å². The molecular weight excluding hydrogens is 436 g/mol. The molecule has 10 heteroatoms. The molecule has 0 saturated carbocycles. The van der Waals surface area contributed by atoms with Crippen molar-refractivity contribution >= 4 is 10.9 Å². The number of fused-ring (bicyclic) bond motifs is 1. The molecule has 184 valence electrons. The molecule has 0 radical (unpaired) electrons. The van der Waals surface area contributed by atoms with Crippen molar-refractivity contribution in [3.05, 3.63) is 46.0 Å². The highest BCUT2D eigenvalue weighted by Crippen LogP contribution is 2.26. The van der Waals surface area contributed by atoms with Gasteiger partial charge in [-0.15, -0.1) is 5.10 Å². The zero-order valence-corrected chi connectivity index (χ0v) is 19.9. The molecule has 3 heterocycles. The molecule has 3 aromatic rings. The van der Waals surface area contributed by atoms with E-state index < -0.39 is 0 Å². The van der Waals surface area contributed by atoms with Crippen LogP contribution in [-0.4, -0.2) is 67.7 Å². The first-order valence-corrected chi connectivity index (χ1v) is 12.1. The maximum atomic E-state index is 12.9. The summed E-state index contributed by atoms with van der Waals surface area (Å²) < 4.78 is 13.2. The van der Waals surface area contributed by atoms with Crippen LogP contribution < -0.4 is 10.3 Å². The van der Waals surface area contributed by atoms with Gasteiger partial charge in [0, 0.05) is 42.8 Å². The average molecular weight is 471 g/mol. The summed E-state index contributed by atoms with van der Waals surface area (Å²) in [4.78, 5) is 18.1. The maximum absolute atomic E-state index is 12.9. The number of hydrogen-bond acceptors (Lipinski definition) is 8. The highest BCUT2D eigenvalue weighted by Gasteiger charge is 2.27. The molecular formula is C24H34N6O4. The third-order valence-corrected chi connectivity index (χ3v) is 6.27. The molecule has 2 unspecified atom stereocenters. The van der Waals surface area contributed by atoms with Crippen LogP contribution in [0.25, 0.3) is 10.9 Å². The predicted octanol–water partition coefficient (Wildman–Crippen LogP) is 2.43. The fourth-order valence-corrected chi connectivity index (χ4v) is 4.61. The summed E-state index contributed by atoms with van der Waals surface area (Å²) in [6.07, 6.45) is 3.52. The summed E-state index contributed by atoms with van der Waals surface area (Å²) in [5.41, 5.74) is 1.29. The largest absolute Gasteiger partial charge is 0.494 e. The summed E-state index contributed by atoms with van der Waals surface area (Å²) >= 11 is 0. The molecule has 0 bridgehead atoms. The van der Waals surface area contributed by atoms with E-state index in [4.69, 9.17) is 9.47 Å². The van der Waals surface area contributed by atoms with Gasteiger partial charge in [0.05, 0.1) is 25.3 Å². The second-order valence-electron chi connectivity index (χ2n) is 8.63. The molecule has 1 aromatic carbocycles. The highest BCUT2D eigenvalue weighted by molar-refractivity contribution is 5.80. The number of aliphatic hydroxyl groups excluding tert-OH is 1. The number of hydrogen-bond donors (Lipinski definition) is 2. The maximum Gasteiger partial charge on any atom is 0.252 e. The minimum absolute atomic E-state index is 0.0690. The lowest BCUT2D eigenvalue weighted by atomic mass is 10.1. The fraction of sp³-hybridized carbons (Fsp3) is 0.583. The Morgan fingerprint density at radius 2 is 2.24 bits per heavy atom. The van der Waals surface area contributed by atoms with Gasteiger partial charge in [-0.3, -0.25) is 9.69 Å². The summed E-state index contributed by atoms with van der Waals surface area (Å²) in [5, 5.41) is 22.9. The van der Waals surface area contributed by atoms with Crippen molar-refractivity contribution in [2.24, 2.45) is 0 Å². The number of H-pyrrole nitrogens is 1. The summed E-state index contributed by atoms with van der Waals surface area (Å²) in [6.45, 7) is 7.09. The first-order chi connectivity index (χ1) is 16.6. The van der Waals surface area contributed by atoms with Crippen molar-refractivity contribution in [1.29, 1.82) is 0 Å². The van der Waals surface area contributed by atoms with Crippen LogP contribution in [-0.2, 0) is 17.8 Å². The van der Waals surface area contributed by atoms with Gasteiger partial charge in [-0.1, -0.05) is 6.92 Å². The van der Waals surface area contributed by atoms with Crippen LogP contribution in [0.15, 0.2) is 29.1 Å². The molecule has 1 fully saturated rings. The second-order valence-corrected chi connectivity index (χ2v) is 8.63. The Bertz CT molecular complexity index is 1120. The van der Waals surface area contributed by atoms with Crippen LogP contribution in [0, 0.1) is 0 Å². The van der Waals surface area contributed by atoms with Gasteiger partial charge in [-0.2, -0.15) is 0 Å². The van der Waals surface area contributed by atoms with E-state index >= 15 is 0 Å². The highest BCUT2D eigenvalue weighted by atomic mass is 16.5. The Morgan fingerprint density at radius 1 is 1.35 bits per heavy atom. The SMILES string of the molecule is CCOc1ccc2[nH]c(=O)c(CN(CCCO)C(CC)c3nnnn3CC3CCCO3)cc2c1. The Morgan fingerprint density at radius 3 is 2.97 bits per heavy atom. The number of tetrazole rings is 1. The molecule has 2 atom stereocenters. The van der Waals surface area contributed by atoms with Crippen molar-refractivity contribution in [1.82, 2.24) is 30.1 Å². The third-order valence-electron chi connectivity index (χ3n) is 6.27. The number of nitrogens with one attached hydrogen (secondary N) is 1. The number of aromatic nitrogens is 5. The molecule has 0 spiro atoms. The molecule has 1 aliphatic rings. The molecule has 0 aliphatic carbocycles. The van der Waals surface area contributed by atoms with Gasteiger partial charge in [-0.25, -0.2) is 4.68 Å². The van der Waals surface area contributed by atoms with Crippen molar-refractivity contribution in [3.63, 3.8) is 0 Å². The van der Waals surface area contributed by atoms with E-state index in [1.165, 1.54) is 0 Å². The van der Waals surface area contributed by atoms with E-state index in [0.29, 0.717) is 38.2 Å². The van der Waals surface area contributed by atoms with Gasteiger partial charge >= 0.3 is 0 Å². The monoisotopic (exact) mass is 470 g/mol. The Kier molecular flexibility index (Phi) is 8.25. The molecule has 4 rings (SSSR count). The summed E-state index contributed by atoms with van der Waals surface area (Å²) in [7, 11) is 0. The first kappa shape index (κ1) is 24.3. The fourth-order valence-electron chi connectivity index (χ4n) is 4.61. The second kappa shape index (κ2) is 11.5. The number of benzene rings is 1. The predicted molar refractivity (Wildman–Crippen MR) is 128 cm³/mol. The minimum Gasteiger partial charge on any atom is -0.494 e. The standard InChI is InChI=1S/C24H34N6O4/c1-3-22(23-26-27-28-30(23)16-20-7-5-12-34-20)29(10-6-11-31)15-18-13-17-14-19(33-4-2)8-9-21(17)25-24(18)32/h8-9,13-14,20,22,31H,3-7,10-12,15-16H2,1-2H3,(H,25,32). The molecule has 1 aliphatic heterocycles. The normalized spacial score (nSPS) is 17.0. The van der Waals surface area contributed by atoms with E-state index in [1.807, 2.05) is 35.9 Å². The topological polar surface area (TPSA) is 118 Å². The van der Waals surface area contributed by atoms with E-state index in [0.717, 1.165) is 48.3 Å². The Balaban J connectivity index is 1.62. The van der Waals surface area contributed by atoms with Crippen molar-refractivity contribution in [2.45, 2.75) is 64.8 Å². The minimum atomic E-state index is -0.126. The quantitative estimate of drug-likeness (QED) is 0.414. The molecule has 34 heavy (non-hydrogen) atoms. The third kappa shape index (κ3) is 5.63. The lowest BCUT2D eigenvalue weighted by Gasteiger charge is -2.30. The van der Waals surface area contributed by atoms with Gasteiger partial charge in [0.2, 0.25) is 0 Å². The Hall–Kier alpha value is -2.82. The smallest absolute Gasteiger partial charge is 0.252 e. The number of aliphatic hydroxyl groups is 1. The molecule has 1 saturated heterocycles. The van der Waals surface area contributed by atoms with Crippen LogP contribution in [0.1, 0.15) is 57.0 Å². The van der Waals surface area contributed by atoms with E-state index in [1.54, 1.807) is 0 Å². The average Bonchev–Trinajstić information content (AvgIpc) is 3.51. The summed E-state index contributed by atoms with van der Waals surface area (Å²) in [5.74, 6) is 1.52. The van der Waals surface area contributed by atoms with Gasteiger partial charge in [-0.05, 0) is 67.3 Å². The summed E-state index contributed by atoms with van der Waals surface area (Å²) in [6, 6.07) is 7.48. The van der Waals surface area contributed by atoms with Crippen LogP contribution in [0.3, 0.4) is 0 Å². The molecule has 2 aromatic heterocycles. The van der Waals surface area contributed by atoms with E-state index in [-0.39, 0.29) is 24.3 Å². The van der Waals surface area contributed by atoms with Crippen molar-refractivity contribution in [2.75, 3.05) is 26.4 Å². The Labute approximate surface area is 198 Å². The zero-order chi connectivity index (χ0) is 23.9. The number of pyridine rings is 1. The van der Waals surface area contributed by atoms with Crippen LogP contribution >= 0.6 is 0 Å². The lowest BCUT2D eigenvalue weighted by molar-refractivity contribution is 0.0888. The number of ether oxygens (including phenoxy) is 2. The number of nitrogens with zero attached hydrogens (tertiary/aromatic N) is 5. The molecule has 0 amide bonds. The van der Waals surface area contributed by atoms with Gasteiger partial charge in [0.25, 0.3) is 5.56 Å². The van der Waals surface area contributed by atoms with Crippen LogP contribution in [0.2, 0.25) is 0 Å². The zero-order valence-electron chi connectivity index (χ0n) is 19.9. The number of aromatic amines is 1. The first-order valence-electron chi connectivity index (χ1n) is 12.1. The molecule has 2 N–H and O–H groups in total. The van der Waals surface area contributed by atoms with Crippen LogP contribution in [0.4, 0.5) is 0 Å². The van der Waals surface area contributed by atoms with E-state index in [2.05, 4.69) is 32.3 Å². The number of rotatable bonds is 12. The lowest BCUT2D eigenvalue weighted by Crippen LogP contribution is -2.34. The van der Waals surface area contributed by atoms with Crippen molar-refractivity contribution < 1.29 is 14.6 Å². The van der Waals surface area contributed by atoms with Gasteiger partial charge in [0.1, 0.15) is 5.75 Å². The van der Waals surface area contributed by atoms with Gasteiger partial charge in [0.15, 0.2) is 5.82 Å².